The van der Waals surface area contributed by atoms with Crippen molar-refractivity contribution in [2.75, 3.05) is 14.1 Å². The van der Waals surface area contributed by atoms with Crippen molar-refractivity contribution in [3.63, 3.8) is 0 Å². The molecule has 0 aliphatic carbocycles. The summed E-state index contributed by atoms with van der Waals surface area (Å²) in [5, 5.41) is 0. The van der Waals surface area contributed by atoms with Crippen LogP contribution in [0.1, 0.15) is 40.0 Å². The van der Waals surface area contributed by atoms with Crippen molar-refractivity contribution in [1.82, 2.24) is 4.90 Å². The lowest BCUT2D eigenvalue weighted by Gasteiger charge is -2.28. The summed E-state index contributed by atoms with van der Waals surface area (Å²) < 4.78 is 0. The van der Waals surface area contributed by atoms with Crippen LogP contribution < -0.4 is 0 Å². The molecular formula is C10H23N. The van der Waals surface area contributed by atoms with Gasteiger partial charge in [0.25, 0.3) is 0 Å². The maximum Gasteiger partial charge on any atom is 0.00889 e. The zero-order chi connectivity index (χ0) is 8.85. The lowest BCUT2D eigenvalue weighted by molar-refractivity contribution is 0.211. The molecular weight excluding hydrogens is 134 g/mol. The third kappa shape index (κ3) is 3.76. The van der Waals surface area contributed by atoms with Gasteiger partial charge in [-0.25, -0.2) is 0 Å². The maximum absolute atomic E-state index is 2.32. The minimum absolute atomic E-state index is 0.736. The smallest absolute Gasteiger partial charge is 0.00889 e. The average Bonchev–Trinajstić information content (AvgIpc) is 1.98. The van der Waals surface area contributed by atoms with Crippen LogP contribution in [0.4, 0.5) is 0 Å². The van der Waals surface area contributed by atoms with Gasteiger partial charge in [0.05, 0.1) is 0 Å². The largest absolute Gasteiger partial charge is 0.306 e. The fourth-order valence-corrected chi connectivity index (χ4v) is 1.58. The van der Waals surface area contributed by atoms with E-state index in [0.717, 1.165) is 12.0 Å². The van der Waals surface area contributed by atoms with Crippen LogP contribution in [-0.2, 0) is 0 Å². The van der Waals surface area contributed by atoms with E-state index in [9.17, 15) is 0 Å². The molecule has 0 heterocycles. The number of hydrogen-bond acceptors (Lipinski definition) is 1. The first kappa shape index (κ1) is 11.0. The Bertz CT molecular complexity index is 88.9. The SMILES string of the molecule is CCCC(CC)C(C)N(C)C. The van der Waals surface area contributed by atoms with Crippen molar-refractivity contribution in [2.24, 2.45) is 5.92 Å². The van der Waals surface area contributed by atoms with E-state index in [1.807, 2.05) is 0 Å². The zero-order valence-corrected chi connectivity index (χ0v) is 8.72. The summed E-state index contributed by atoms with van der Waals surface area (Å²) >= 11 is 0. The lowest BCUT2D eigenvalue weighted by Crippen LogP contribution is -2.32. The normalized spacial score (nSPS) is 16.9. The van der Waals surface area contributed by atoms with Crippen molar-refractivity contribution < 1.29 is 0 Å². The second-order valence-electron chi connectivity index (χ2n) is 3.66. The van der Waals surface area contributed by atoms with Crippen molar-refractivity contribution in [2.45, 2.75) is 46.1 Å². The van der Waals surface area contributed by atoms with Crippen LogP contribution in [0.5, 0.6) is 0 Å². The van der Waals surface area contributed by atoms with E-state index in [1.165, 1.54) is 19.3 Å². The van der Waals surface area contributed by atoms with Crippen LogP contribution in [0.3, 0.4) is 0 Å². The average molecular weight is 157 g/mol. The van der Waals surface area contributed by atoms with E-state index in [1.54, 1.807) is 0 Å². The Morgan fingerprint density at radius 3 is 2.00 bits per heavy atom. The van der Waals surface area contributed by atoms with Crippen LogP contribution in [0.15, 0.2) is 0 Å². The number of hydrogen-bond donors (Lipinski definition) is 0. The molecule has 0 spiro atoms. The second kappa shape index (κ2) is 5.59. The second-order valence-corrected chi connectivity index (χ2v) is 3.66. The predicted octanol–water partition coefficient (Wildman–Crippen LogP) is 2.76. The van der Waals surface area contributed by atoms with Crippen molar-refractivity contribution in [3.05, 3.63) is 0 Å². The quantitative estimate of drug-likeness (QED) is 0.593. The molecule has 0 N–H and O–H groups in total. The first-order chi connectivity index (χ1) is 5.13. The minimum Gasteiger partial charge on any atom is -0.306 e. The van der Waals surface area contributed by atoms with E-state index in [2.05, 4.69) is 39.8 Å². The van der Waals surface area contributed by atoms with Gasteiger partial charge < -0.3 is 4.90 Å². The van der Waals surface area contributed by atoms with E-state index >= 15 is 0 Å². The summed E-state index contributed by atoms with van der Waals surface area (Å²) in [5.41, 5.74) is 0. The fourth-order valence-electron chi connectivity index (χ4n) is 1.58. The summed E-state index contributed by atoms with van der Waals surface area (Å²) in [4.78, 5) is 2.32. The highest BCUT2D eigenvalue weighted by Gasteiger charge is 2.15. The van der Waals surface area contributed by atoms with Gasteiger partial charge in [0.2, 0.25) is 0 Å². The topological polar surface area (TPSA) is 3.24 Å². The molecule has 0 aromatic rings. The molecule has 0 aromatic heterocycles. The van der Waals surface area contributed by atoms with Gasteiger partial charge in [-0.15, -0.1) is 0 Å². The molecule has 0 bridgehead atoms. The van der Waals surface area contributed by atoms with Gasteiger partial charge in [0, 0.05) is 6.04 Å². The molecule has 0 saturated carbocycles. The van der Waals surface area contributed by atoms with Gasteiger partial charge in [0.15, 0.2) is 0 Å². The molecule has 2 unspecified atom stereocenters. The summed E-state index contributed by atoms with van der Waals surface area (Å²) in [7, 11) is 4.34. The minimum atomic E-state index is 0.736. The molecule has 2 atom stereocenters. The highest BCUT2D eigenvalue weighted by atomic mass is 15.1. The third-order valence-electron chi connectivity index (χ3n) is 2.68. The molecule has 11 heavy (non-hydrogen) atoms. The monoisotopic (exact) mass is 157 g/mol. The van der Waals surface area contributed by atoms with Gasteiger partial charge in [-0.2, -0.15) is 0 Å². The third-order valence-corrected chi connectivity index (χ3v) is 2.68. The Morgan fingerprint density at radius 2 is 1.73 bits per heavy atom. The zero-order valence-electron chi connectivity index (χ0n) is 8.72. The van der Waals surface area contributed by atoms with Crippen LogP contribution in [0, 0.1) is 5.92 Å². The molecule has 0 radical (unpaired) electrons. The Kier molecular flexibility index (Phi) is 5.57. The summed E-state index contributed by atoms with van der Waals surface area (Å²) in [6.45, 7) is 6.88. The highest BCUT2D eigenvalue weighted by Crippen LogP contribution is 2.17. The molecule has 1 heteroatoms. The first-order valence-corrected chi connectivity index (χ1v) is 4.79. The molecule has 68 valence electrons. The fraction of sp³-hybridized carbons (Fsp3) is 1.00. The van der Waals surface area contributed by atoms with E-state index in [-0.39, 0.29) is 0 Å². The van der Waals surface area contributed by atoms with E-state index in [0.29, 0.717) is 0 Å². The van der Waals surface area contributed by atoms with Gasteiger partial charge in [-0.3, -0.25) is 0 Å². The summed E-state index contributed by atoms with van der Waals surface area (Å²) in [6.07, 6.45) is 4.00. The predicted molar refractivity (Wildman–Crippen MR) is 51.8 cm³/mol. The number of rotatable bonds is 5. The standard InChI is InChI=1S/C10H23N/c1-6-8-10(7-2)9(3)11(4)5/h9-10H,6-8H2,1-5H3. The van der Waals surface area contributed by atoms with Crippen LogP contribution in [0.2, 0.25) is 0 Å². The molecule has 0 aliphatic heterocycles. The molecule has 0 aliphatic rings. The Balaban J connectivity index is 3.81. The van der Waals surface area contributed by atoms with E-state index < -0.39 is 0 Å². The van der Waals surface area contributed by atoms with Crippen LogP contribution in [-0.4, -0.2) is 25.0 Å². The summed E-state index contributed by atoms with van der Waals surface area (Å²) in [6, 6.07) is 0.736. The van der Waals surface area contributed by atoms with Crippen molar-refractivity contribution in [1.29, 1.82) is 0 Å². The molecule has 0 rings (SSSR count). The van der Waals surface area contributed by atoms with Crippen LogP contribution >= 0.6 is 0 Å². The van der Waals surface area contributed by atoms with E-state index in [4.69, 9.17) is 0 Å². The first-order valence-electron chi connectivity index (χ1n) is 4.79. The number of nitrogens with zero attached hydrogens (tertiary/aromatic N) is 1. The Labute approximate surface area is 71.8 Å². The molecule has 0 saturated heterocycles. The Hall–Kier alpha value is -0.0400. The Morgan fingerprint density at radius 1 is 1.18 bits per heavy atom. The van der Waals surface area contributed by atoms with Crippen molar-refractivity contribution in [3.8, 4) is 0 Å². The lowest BCUT2D eigenvalue weighted by atomic mass is 9.93. The van der Waals surface area contributed by atoms with Gasteiger partial charge in [-0.05, 0) is 33.4 Å². The van der Waals surface area contributed by atoms with Gasteiger partial charge in [0.1, 0.15) is 0 Å². The molecule has 0 amide bonds. The van der Waals surface area contributed by atoms with Gasteiger partial charge >= 0.3 is 0 Å². The molecule has 0 aromatic carbocycles. The molecule has 0 fully saturated rings. The van der Waals surface area contributed by atoms with Crippen LogP contribution in [0.25, 0.3) is 0 Å². The molecule has 1 nitrogen and oxygen atoms in total. The highest BCUT2D eigenvalue weighted by molar-refractivity contribution is 4.69. The maximum atomic E-state index is 2.32. The van der Waals surface area contributed by atoms with Crippen molar-refractivity contribution >= 4 is 0 Å². The summed E-state index contributed by atoms with van der Waals surface area (Å²) in [5.74, 6) is 0.884. The van der Waals surface area contributed by atoms with Gasteiger partial charge in [-0.1, -0.05) is 26.7 Å².